The topological polar surface area (TPSA) is 54.6 Å². The van der Waals surface area contributed by atoms with Gasteiger partial charge in [-0.25, -0.2) is 4.99 Å². The summed E-state index contributed by atoms with van der Waals surface area (Å²) in [5, 5.41) is 9.64. The Bertz CT molecular complexity index is 605. The zero-order valence-electron chi connectivity index (χ0n) is 8.75. The molecular formula is C12H9ClN2O2. The normalized spacial score (nSPS) is 11.5. The van der Waals surface area contributed by atoms with Crippen LogP contribution in [-0.4, -0.2) is 15.8 Å². The molecule has 0 fully saturated rings. The van der Waals surface area contributed by atoms with Crippen molar-refractivity contribution < 1.29 is 10.0 Å². The average molecular weight is 249 g/mol. The van der Waals surface area contributed by atoms with E-state index in [1.165, 1.54) is 18.3 Å². The van der Waals surface area contributed by atoms with E-state index in [2.05, 4.69) is 4.99 Å². The lowest BCUT2D eigenvalue weighted by Crippen LogP contribution is -2.09. The molecule has 0 radical (unpaired) electrons. The van der Waals surface area contributed by atoms with E-state index in [9.17, 15) is 4.79 Å². The second-order valence-corrected chi connectivity index (χ2v) is 3.72. The molecule has 0 spiro atoms. The molecule has 1 amide bonds. The second-order valence-electron chi connectivity index (χ2n) is 3.34. The van der Waals surface area contributed by atoms with Gasteiger partial charge in [-0.05, 0) is 18.2 Å². The van der Waals surface area contributed by atoms with Crippen LogP contribution in [-0.2, 0) is 0 Å². The van der Waals surface area contributed by atoms with E-state index in [1.807, 2.05) is 6.07 Å². The highest BCUT2D eigenvalue weighted by Crippen LogP contribution is 2.02. The van der Waals surface area contributed by atoms with Crippen LogP contribution in [0.4, 0.5) is 0 Å². The third-order valence-corrected chi connectivity index (χ3v) is 2.41. The van der Waals surface area contributed by atoms with Crippen molar-refractivity contribution in [1.29, 1.82) is 0 Å². The fourth-order valence-electron chi connectivity index (χ4n) is 1.29. The molecule has 0 aliphatic carbocycles. The number of hydrogen-bond acceptors (Lipinski definition) is 2. The predicted octanol–water partition coefficient (Wildman–Crippen LogP) is 2.12. The second kappa shape index (κ2) is 4.84. The molecule has 0 bridgehead atoms. The van der Waals surface area contributed by atoms with Gasteiger partial charge in [-0.15, -0.1) is 0 Å². The Morgan fingerprint density at radius 1 is 1.24 bits per heavy atom. The van der Waals surface area contributed by atoms with Crippen molar-refractivity contribution >= 4 is 17.5 Å². The zero-order chi connectivity index (χ0) is 12.3. The third-order valence-electron chi connectivity index (χ3n) is 2.12. The van der Waals surface area contributed by atoms with Gasteiger partial charge >= 0.3 is 0 Å². The monoisotopic (exact) mass is 248 g/mol. The number of halogens is 1. The van der Waals surface area contributed by atoms with Crippen molar-refractivity contribution in [1.82, 2.24) is 4.73 Å². The van der Waals surface area contributed by atoms with Crippen LogP contribution >= 0.6 is 11.6 Å². The van der Waals surface area contributed by atoms with Gasteiger partial charge in [0.25, 0.3) is 5.91 Å². The van der Waals surface area contributed by atoms with Gasteiger partial charge in [-0.3, -0.25) is 4.79 Å². The first-order valence-electron chi connectivity index (χ1n) is 4.88. The number of aromatic nitrogens is 1. The molecule has 2 aromatic rings. The maximum atomic E-state index is 11.7. The average Bonchev–Trinajstić information content (AvgIpc) is 2.35. The van der Waals surface area contributed by atoms with Crippen molar-refractivity contribution in [2.75, 3.05) is 0 Å². The Hall–Kier alpha value is -2.07. The van der Waals surface area contributed by atoms with Gasteiger partial charge in [-0.2, -0.15) is 4.73 Å². The largest absolute Gasteiger partial charge is 0.428 e. The summed E-state index contributed by atoms with van der Waals surface area (Å²) in [5.41, 5.74) is 0.504. The van der Waals surface area contributed by atoms with E-state index in [0.717, 1.165) is 4.73 Å². The first-order valence-corrected chi connectivity index (χ1v) is 5.26. The van der Waals surface area contributed by atoms with E-state index in [4.69, 9.17) is 16.8 Å². The van der Waals surface area contributed by atoms with Crippen LogP contribution in [0.1, 0.15) is 10.4 Å². The Balaban J connectivity index is 2.37. The summed E-state index contributed by atoms with van der Waals surface area (Å²) < 4.78 is 0.744. The molecule has 2 rings (SSSR count). The molecule has 0 unspecified atom stereocenters. The lowest BCUT2D eigenvalue weighted by molar-refractivity contribution is 0.0998. The number of benzene rings is 1. The molecule has 0 saturated heterocycles. The lowest BCUT2D eigenvalue weighted by atomic mass is 10.2. The number of rotatable bonds is 1. The van der Waals surface area contributed by atoms with E-state index in [-0.39, 0.29) is 11.1 Å². The maximum absolute atomic E-state index is 11.7. The number of carbonyl (C=O) groups is 1. The quantitative estimate of drug-likeness (QED) is 0.621. The summed E-state index contributed by atoms with van der Waals surface area (Å²) in [5.74, 6) is -0.350. The molecular weight excluding hydrogens is 240 g/mol. The predicted molar refractivity (Wildman–Crippen MR) is 63.0 cm³/mol. The minimum atomic E-state index is -0.350. The summed E-state index contributed by atoms with van der Waals surface area (Å²) in [6.45, 7) is 0. The van der Waals surface area contributed by atoms with E-state index < -0.39 is 0 Å². The third kappa shape index (κ3) is 2.73. The summed E-state index contributed by atoms with van der Waals surface area (Å²) in [7, 11) is 0. The van der Waals surface area contributed by atoms with Gasteiger partial charge in [0.2, 0.25) is 0 Å². The van der Waals surface area contributed by atoms with Gasteiger partial charge in [0.05, 0.1) is 5.36 Å². The lowest BCUT2D eigenvalue weighted by Gasteiger charge is -1.98. The molecule has 1 N–H and O–H groups in total. The van der Waals surface area contributed by atoms with Crippen LogP contribution in [0, 0.1) is 0 Å². The minimum absolute atomic E-state index is 0.0899. The van der Waals surface area contributed by atoms with E-state index in [1.54, 1.807) is 24.3 Å². The molecule has 0 aliphatic rings. The highest BCUT2D eigenvalue weighted by atomic mass is 35.5. The van der Waals surface area contributed by atoms with E-state index >= 15 is 0 Å². The molecule has 1 aromatic heterocycles. The van der Waals surface area contributed by atoms with Crippen LogP contribution in [0.2, 0.25) is 5.15 Å². The number of carbonyl (C=O) groups excluding carboxylic acids is 1. The first kappa shape index (κ1) is 11.4. The number of amides is 1. The van der Waals surface area contributed by atoms with E-state index in [0.29, 0.717) is 10.9 Å². The standard InChI is InChI=1S/C12H9ClN2O2/c13-11-8-10(6-7-15(11)17)14-12(16)9-4-2-1-3-5-9/h1-8,17H. The SMILES string of the molecule is O=C(N=c1ccn(O)c(Cl)c1)c1ccccc1. The highest BCUT2D eigenvalue weighted by molar-refractivity contribution is 6.29. The van der Waals surface area contributed by atoms with Crippen LogP contribution in [0.3, 0.4) is 0 Å². The molecule has 0 saturated carbocycles. The molecule has 1 heterocycles. The van der Waals surface area contributed by atoms with Gasteiger partial charge in [0.15, 0.2) is 0 Å². The molecule has 86 valence electrons. The number of hydrogen-bond donors (Lipinski definition) is 1. The Morgan fingerprint density at radius 3 is 2.59 bits per heavy atom. The van der Waals surface area contributed by atoms with Crippen molar-refractivity contribution in [2.45, 2.75) is 0 Å². The van der Waals surface area contributed by atoms with Crippen molar-refractivity contribution in [3.8, 4) is 0 Å². The van der Waals surface area contributed by atoms with Gasteiger partial charge < -0.3 is 5.21 Å². The van der Waals surface area contributed by atoms with Crippen molar-refractivity contribution in [2.24, 2.45) is 4.99 Å². The smallest absolute Gasteiger partial charge is 0.277 e. The Morgan fingerprint density at radius 2 is 1.94 bits per heavy atom. The molecule has 0 atom stereocenters. The van der Waals surface area contributed by atoms with Crippen molar-refractivity contribution in [3.63, 3.8) is 0 Å². The van der Waals surface area contributed by atoms with Gasteiger partial charge in [0.1, 0.15) is 5.15 Å². The molecule has 4 nitrogen and oxygen atoms in total. The van der Waals surface area contributed by atoms with Crippen LogP contribution in [0.15, 0.2) is 53.7 Å². The van der Waals surface area contributed by atoms with Crippen LogP contribution in [0.25, 0.3) is 0 Å². The van der Waals surface area contributed by atoms with Gasteiger partial charge in [-0.1, -0.05) is 29.8 Å². The van der Waals surface area contributed by atoms with Crippen molar-refractivity contribution in [3.05, 3.63) is 64.7 Å². The maximum Gasteiger partial charge on any atom is 0.277 e. The zero-order valence-corrected chi connectivity index (χ0v) is 9.50. The summed E-state index contributed by atoms with van der Waals surface area (Å²) in [6, 6.07) is 11.6. The Kier molecular flexibility index (Phi) is 3.25. The Labute approximate surface area is 102 Å². The minimum Gasteiger partial charge on any atom is -0.428 e. The summed E-state index contributed by atoms with van der Waals surface area (Å²) >= 11 is 5.68. The van der Waals surface area contributed by atoms with Crippen LogP contribution in [0.5, 0.6) is 0 Å². The summed E-state index contributed by atoms with van der Waals surface area (Å²) in [4.78, 5) is 15.6. The molecule has 1 aromatic carbocycles. The van der Waals surface area contributed by atoms with Crippen LogP contribution < -0.4 is 5.36 Å². The molecule has 5 heteroatoms. The molecule has 0 aliphatic heterocycles. The highest BCUT2D eigenvalue weighted by Gasteiger charge is 2.01. The molecule has 17 heavy (non-hydrogen) atoms. The fourth-order valence-corrected chi connectivity index (χ4v) is 1.45. The summed E-state index contributed by atoms with van der Waals surface area (Å²) in [6.07, 6.45) is 1.32. The first-order chi connectivity index (χ1) is 8.16. The van der Waals surface area contributed by atoms with Gasteiger partial charge in [0, 0.05) is 17.8 Å². The number of nitrogens with zero attached hydrogens (tertiary/aromatic N) is 2. The number of pyridine rings is 1. The fraction of sp³-hybridized carbons (Fsp3) is 0.